The smallest absolute Gasteiger partial charge is 0.256 e. The second kappa shape index (κ2) is 5.65. The fraction of sp³-hybridized carbons (Fsp3) is 0.0833. The summed E-state index contributed by atoms with van der Waals surface area (Å²) in [6, 6.07) is 4.19. The number of benzene rings is 1. The van der Waals surface area contributed by atoms with Crippen molar-refractivity contribution >= 4 is 48.9 Å². The normalized spacial score (nSPS) is 11.3. The number of hydrogen-bond acceptors (Lipinski definition) is 4. The zero-order valence-corrected chi connectivity index (χ0v) is 13.6. The van der Waals surface area contributed by atoms with Gasteiger partial charge >= 0.3 is 0 Å². The molecule has 0 aliphatic carbocycles. The van der Waals surface area contributed by atoms with Crippen molar-refractivity contribution in [3.05, 3.63) is 44.6 Å². The summed E-state index contributed by atoms with van der Waals surface area (Å²) in [5.74, 6) is -0.243. The van der Waals surface area contributed by atoms with E-state index in [0.717, 1.165) is 5.56 Å². The minimum atomic E-state index is -3.76. The second-order valence-electron chi connectivity index (χ2n) is 4.11. The van der Waals surface area contributed by atoms with E-state index in [1.54, 1.807) is 5.38 Å². The lowest BCUT2D eigenvalue weighted by Crippen LogP contribution is -2.14. The molecule has 0 saturated carbocycles. The maximum Gasteiger partial charge on any atom is 0.256 e. The molecule has 20 heavy (non-hydrogen) atoms. The first-order chi connectivity index (χ1) is 9.29. The highest BCUT2D eigenvalue weighted by molar-refractivity contribution is 9.10. The van der Waals surface area contributed by atoms with Crippen molar-refractivity contribution in [1.82, 2.24) is 0 Å². The van der Waals surface area contributed by atoms with Crippen molar-refractivity contribution in [2.75, 3.05) is 5.32 Å². The molecule has 0 fully saturated rings. The minimum Gasteiger partial charge on any atom is -0.321 e. The van der Waals surface area contributed by atoms with Crippen molar-refractivity contribution in [2.45, 2.75) is 11.8 Å². The molecule has 0 atom stereocenters. The van der Waals surface area contributed by atoms with Crippen LogP contribution in [0.15, 0.2) is 38.3 Å². The summed E-state index contributed by atoms with van der Waals surface area (Å²) in [4.78, 5) is 12.0. The quantitative estimate of drug-likeness (QED) is 0.865. The molecule has 2 rings (SSSR count). The number of nitrogens with one attached hydrogen (secondary N) is 1. The fourth-order valence-corrected chi connectivity index (χ4v) is 3.55. The number of primary sulfonamides is 1. The van der Waals surface area contributed by atoms with E-state index >= 15 is 0 Å². The third-order valence-corrected chi connectivity index (χ3v) is 5.05. The number of aryl methyl sites for hydroxylation is 1. The Balaban J connectivity index is 2.27. The van der Waals surface area contributed by atoms with E-state index in [0.29, 0.717) is 15.7 Å². The largest absolute Gasteiger partial charge is 0.321 e. The summed E-state index contributed by atoms with van der Waals surface area (Å²) in [6.07, 6.45) is 0. The van der Waals surface area contributed by atoms with Crippen LogP contribution in [0.3, 0.4) is 0 Å². The van der Waals surface area contributed by atoms with E-state index in [2.05, 4.69) is 21.2 Å². The van der Waals surface area contributed by atoms with Crippen LogP contribution in [-0.4, -0.2) is 14.3 Å². The van der Waals surface area contributed by atoms with Crippen molar-refractivity contribution < 1.29 is 13.2 Å². The molecule has 8 heteroatoms. The van der Waals surface area contributed by atoms with Crippen LogP contribution in [-0.2, 0) is 10.0 Å². The molecule has 0 unspecified atom stereocenters. The molecule has 0 spiro atoms. The number of anilines is 1. The molecule has 0 aliphatic heterocycles. The predicted octanol–water partition coefficient (Wildman–Crippen LogP) is 2.72. The molecule has 1 aromatic carbocycles. The lowest BCUT2D eigenvalue weighted by atomic mass is 10.2. The number of halogens is 1. The van der Waals surface area contributed by atoms with Crippen LogP contribution in [0.1, 0.15) is 15.9 Å². The van der Waals surface area contributed by atoms with Crippen molar-refractivity contribution in [2.24, 2.45) is 5.14 Å². The molecule has 1 heterocycles. The number of carbonyl (C=O) groups is 1. The van der Waals surface area contributed by atoms with Crippen LogP contribution in [0.4, 0.5) is 5.69 Å². The summed E-state index contributed by atoms with van der Waals surface area (Å²) >= 11 is 4.66. The highest BCUT2D eigenvalue weighted by atomic mass is 79.9. The zero-order valence-electron chi connectivity index (χ0n) is 10.4. The average Bonchev–Trinajstić information content (AvgIpc) is 2.76. The van der Waals surface area contributed by atoms with Crippen LogP contribution in [0.25, 0.3) is 0 Å². The number of thiophene rings is 1. The Kier molecular flexibility index (Phi) is 4.28. The van der Waals surface area contributed by atoms with E-state index in [4.69, 9.17) is 5.14 Å². The van der Waals surface area contributed by atoms with E-state index < -0.39 is 10.0 Å². The molecule has 0 saturated heterocycles. The summed E-state index contributed by atoms with van der Waals surface area (Å²) < 4.78 is 22.9. The van der Waals surface area contributed by atoms with Crippen molar-refractivity contribution in [3.63, 3.8) is 0 Å². The summed E-state index contributed by atoms with van der Waals surface area (Å²) in [6.45, 7) is 1.85. The Morgan fingerprint density at radius 2 is 2.05 bits per heavy atom. The standard InChI is InChI=1S/C12H11BrN2O3S2/c1-7-5-19-6-9(7)12(16)15-11-3-2-8(4-10(11)13)20(14,17)18/h2-6H,1H3,(H,15,16)(H2,14,17,18). The van der Waals surface area contributed by atoms with Gasteiger partial charge in [-0.05, 0) is 52.0 Å². The first kappa shape index (κ1) is 15.2. The molecule has 106 valence electrons. The van der Waals surface area contributed by atoms with Gasteiger partial charge in [0.15, 0.2) is 0 Å². The van der Waals surface area contributed by atoms with Gasteiger partial charge in [0.2, 0.25) is 10.0 Å². The highest BCUT2D eigenvalue weighted by Crippen LogP contribution is 2.26. The van der Waals surface area contributed by atoms with Crippen LogP contribution in [0.2, 0.25) is 0 Å². The molecule has 3 N–H and O–H groups in total. The number of nitrogens with two attached hydrogens (primary N) is 1. The summed E-state index contributed by atoms with van der Waals surface area (Å²) in [5.41, 5.74) is 1.97. The average molecular weight is 375 g/mol. The van der Waals surface area contributed by atoms with Gasteiger partial charge in [-0.15, -0.1) is 0 Å². The van der Waals surface area contributed by atoms with Crippen molar-refractivity contribution in [3.8, 4) is 0 Å². The Bertz CT molecular complexity index is 769. The molecule has 0 bridgehead atoms. The molecule has 1 aromatic heterocycles. The van der Waals surface area contributed by atoms with Crippen LogP contribution >= 0.6 is 27.3 Å². The molecule has 5 nitrogen and oxygen atoms in total. The molecular weight excluding hydrogens is 364 g/mol. The van der Waals surface area contributed by atoms with Gasteiger partial charge in [-0.1, -0.05) is 0 Å². The number of hydrogen-bond donors (Lipinski definition) is 2. The van der Waals surface area contributed by atoms with Crippen LogP contribution < -0.4 is 10.5 Å². The maximum atomic E-state index is 12.1. The Labute approximate surface area is 129 Å². The van der Waals surface area contributed by atoms with Gasteiger partial charge in [0.05, 0.1) is 16.1 Å². The number of amides is 1. The molecule has 0 aliphatic rings. The van der Waals surface area contributed by atoms with E-state index in [-0.39, 0.29) is 10.8 Å². The minimum absolute atomic E-state index is 0.0194. The highest BCUT2D eigenvalue weighted by Gasteiger charge is 2.14. The number of carbonyl (C=O) groups excluding carboxylic acids is 1. The van der Waals surface area contributed by atoms with Gasteiger partial charge in [0.1, 0.15) is 0 Å². The van der Waals surface area contributed by atoms with E-state index in [1.165, 1.54) is 29.5 Å². The third kappa shape index (κ3) is 3.26. The zero-order chi connectivity index (χ0) is 14.9. The maximum absolute atomic E-state index is 12.1. The first-order valence-electron chi connectivity index (χ1n) is 5.45. The topological polar surface area (TPSA) is 89.3 Å². The monoisotopic (exact) mass is 374 g/mol. The van der Waals surface area contributed by atoms with E-state index in [1.807, 2.05) is 12.3 Å². The SMILES string of the molecule is Cc1cscc1C(=O)Nc1ccc(S(N)(=O)=O)cc1Br. The predicted molar refractivity (Wildman–Crippen MR) is 82.5 cm³/mol. The number of rotatable bonds is 3. The van der Waals surface area contributed by atoms with Crippen molar-refractivity contribution in [1.29, 1.82) is 0 Å². The van der Waals surface area contributed by atoms with Gasteiger partial charge in [-0.3, -0.25) is 4.79 Å². The Morgan fingerprint density at radius 3 is 2.55 bits per heavy atom. The lowest BCUT2D eigenvalue weighted by molar-refractivity contribution is 0.102. The molecular formula is C12H11BrN2O3S2. The Morgan fingerprint density at radius 1 is 1.35 bits per heavy atom. The van der Waals surface area contributed by atoms with Crippen LogP contribution in [0, 0.1) is 6.92 Å². The third-order valence-electron chi connectivity index (χ3n) is 2.62. The number of sulfonamides is 1. The Hall–Kier alpha value is -1.22. The molecule has 1 amide bonds. The summed E-state index contributed by atoms with van der Waals surface area (Å²) in [5, 5.41) is 11.4. The van der Waals surface area contributed by atoms with Crippen LogP contribution in [0.5, 0.6) is 0 Å². The second-order valence-corrected chi connectivity index (χ2v) is 7.27. The molecule has 0 radical (unpaired) electrons. The summed E-state index contributed by atoms with van der Waals surface area (Å²) in [7, 11) is -3.76. The fourth-order valence-electron chi connectivity index (χ4n) is 1.56. The van der Waals surface area contributed by atoms with Gasteiger partial charge < -0.3 is 5.32 Å². The first-order valence-corrected chi connectivity index (χ1v) is 8.74. The van der Waals surface area contributed by atoms with Gasteiger partial charge in [-0.25, -0.2) is 13.6 Å². The van der Waals surface area contributed by atoms with Gasteiger partial charge in [-0.2, -0.15) is 11.3 Å². The lowest BCUT2D eigenvalue weighted by Gasteiger charge is -2.08. The molecule has 2 aromatic rings. The van der Waals surface area contributed by atoms with Gasteiger partial charge in [0.25, 0.3) is 5.91 Å². The van der Waals surface area contributed by atoms with Gasteiger partial charge in [0, 0.05) is 9.85 Å². The van der Waals surface area contributed by atoms with E-state index in [9.17, 15) is 13.2 Å².